The minimum atomic E-state index is -3.69. The van der Waals surface area contributed by atoms with Crippen LogP contribution in [0.25, 0.3) is 0 Å². The maximum atomic E-state index is 13.5. The zero-order chi connectivity index (χ0) is 26.5. The monoisotopic (exact) mass is 526 g/mol. The van der Waals surface area contributed by atoms with Crippen LogP contribution in [0.15, 0.2) is 96.2 Å². The molecule has 2 fully saturated rings. The van der Waals surface area contributed by atoms with Crippen molar-refractivity contribution in [3.63, 3.8) is 0 Å². The van der Waals surface area contributed by atoms with Gasteiger partial charge in [0, 0.05) is 60.0 Å². The zero-order valence-corrected chi connectivity index (χ0v) is 21.6. The molecule has 0 bridgehead atoms. The van der Waals surface area contributed by atoms with Gasteiger partial charge in [-0.15, -0.1) is 0 Å². The van der Waals surface area contributed by atoms with Gasteiger partial charge in [0.25, 0.3) is 0 Å². The van der Waals surface area contributed by atoms with Crippen LogP contribution in [0.2, 0.25) is 0 Å². The summed E-state index contributed by atoms with van der Waals surface area (Å²) in [5, 5.41) is 11.4. The molecule has 0 unspecified atom stereocenters. The van der Waals surface area contributed by atoms with Gasteiger partial charge in [-0.25, -0.2) is 12.8 Å². The summed E-state index contributed by atoms with van der Waals surface area (Å²) in [6.45, 7) is 2.81. The van der Waals surface area contributed by atoms with E-state index in [0.29, 0.717) is 18.7 Å². The predicted octanol–water partition coefficient (Wildman–Crippen LogP) is 5.63. The second kappa shape index (κ2) is 9.15. The highest BCUT2D eigenvalue weighted by molar-refractivity contribution is 7.89. The van der Waals surface area contributed by atoms with E-state index >= 15 is 0 Å². The van der Waals surface area contributed by atoms with E-state index in [0.717, 1.165) is 22.5 Å². The van der Waals surface area contributed by atoms with Crippen molar-refractivity contribution < 1.29 is 12.8 Å². The summed E-state index contributed by atoms with van der Waals surface area (Å²) < 4.78 is 42.0. The maximum Gasteiger partial charge on any atom is 0.244 e. The molecule has 0 radical (unpaired) electrons. The number of aryl methyl sites for hydroxylation is 1. The molecule has 3 atom stereocenters. The summed E-state index contributed by atoms with van der Waals surface area (Å²) in [5.41, 5.74) is 5.03. The van der Waals surface area contributed by atoms with E-state index in [1.165, 1.54) is 30.1 Å². The van der Waals surface area contributed by atoms with Crippen LogP contribution in [-0.2, 0) is 15.4 Å². The van der Waals surface area contributed by atoms with Crippen molar-refractivity contribution in [3.05, 3.63) is 119 Å². The third-order valence-electron chi connectivity index (χ3n) is 7.96. The molecule has 0 spiro atoms. The van der Waals surface area contributed by atoms with Crippen molar-refractivity contribution in [3.8, 4) is 0 Å². The molecular weight excluding hydrogens is 499 g/mol. The van der Waals surface area contributed by atoms with Crippen LogP contribution < -0.4 is 5.32 Å². The first-order valence-corrected chi connectivity index (χ1v) is 13.9. The standard InChI is InChI=1S/C30H27FN4O2S/c1-20-14-28(34-24-11-9-23(31)10-12-24)22(16-32)15-26(20)30-19-35(38(36,37)25-8-5-13-33-17-25)18-27(30)29(30)21-6-3-2-4-7-21/h2-17,27,29,32,34H,18-19H2,1H3/t27-,29-,30+/m0/s1. The van der Waals surface area contributed by atoms with Crippen LogP contribution in [0.1, 0.15) is 28.2 Å². The van der Waals surface area contributed by atoms with Gasteiger partial charge in [0.15, 0.2) is 0 Å². The van der Waals surface area contributed by atoms with Gasteiger partial charge in [-0.3, -0.25) is 4.98 Å². The van der Waals surface area contributed by atoms with Gasteiger partial charge in [0.1, 0.15) is 10.7 Å². The molecule has 1 aliphatic heterocycles. The van der Waals surface area contributed by atoms with E-state index in [-0.39, 0.29) is 22.5 Å². The Bertz CT molecular complexity index is 1610. The van der Waals surface area contributed by atoms with Crippen LogP contribution in [0, 0.1) is 24.1 Å². The number of sulfonamides is 1. The molecule has 8 heteroatoms. The molecule has 2 aliphatic rings. The van der Waals surface area contributed by atoms with E-state index in [1.807, 2.05) is 37.3 Å². The molecule has 4 aromatic rings. The Morgan fingerprint density at radius 1 is 1.08 bits per heavy atom. The summed E-state index contributed by atoms with van der Waals surface area (Å²) in [7, 11) is -3.69. The van der Waals surface area contributed by atoms with Gasteiger partial charge >= 0.3 is 0 Å². The molecule has 2 N–H and O–H groups in total. The number of hydrogen-bond donors (Lipinski definition) is 2. The number of nitrogens with zero attached hydrogens (tertiary/aromatic N) is 2. The molecule has 6 rings (SSSR count). The highest BCUT2D eigenvalue weighted by Gasteiger charge is 2.71. The smallest absolute Gasteiger partial charge is 0.244 e. The first-order valence-electron chi connectivity index (χ1n) is 12.5. The fourth-order valence-electron chi connectivity index (χ4n) is 6.20. The Morgan fingerprint density at radius 2 is 1.84 bits per heavy atom. The molecule has 6 nitrogen and oxygen atoms in total. The molecule has 2 heterocycles. The molecule has 3 aromatic carbocycles. The molecule has 0 amide bonds. The summed E-state index contributed by atoms with van der Waals surface area (Å²) in [5.74, 6) is -0.0195. The van der Waals surface area contributed by atoms with E-state index < -0.39 is 15.4 Å². The molecule has 1 aromatic heterocycles. The Morgan fingerprint density at radius 3 is 2.53 bits per heavy atom. The molecule has 192 valence electrons. The average Bonchev–Trinajstić information content (AvgIpc) is 3.39. The van der Waals surface area contributed by atoms with Crippen LogP contribution >= 0.6 is 0 Å². The van der Waals surface area contributed by atoms with Crippen molar-refractivity contribution in [1.29, 1.82) is 5.41 Å². The third kappa shape index (κ3) is 3.92. The fraction of sp³-hybridized carbons (Fsp3) is 0.200. The van der Waals surface area contributed by atoms with Gasteiger partial charge in [-0.2, -0.15) is 4.31 Å². The fourth-order valence-corrected chi connectivity index (χ4v) is 7.68. The summed E-state index contributed by atoms with van der Waals surface area (Å²) >= 11 is 0. The average molecular weight is 527 g/mol. The Labute approximate surface area is 221 Å². The van der Waals surface area contributed by atoms with E-state index in [1.54, 1.807) is 34.8 Å². The normalized spacial score (nSPS) is 22.6. The van der Waals surface area contributed by atoms with Crippen LogP contribution in [0.5, 0.6) is 0 Å². The lowest BCUT2D eigenvalue weighted by molar-refractivity contribution is 0.421. The molecule has 1 aliphatic carbocycles. The Balaban J connectivity index is 1.41. The third-order valence-corrected chi connectivity index (χ3v) is 9.75. The van der Waals surface area contributed by atoms with Crippen molar-refractivity contribution in [2.24, 2.45) is 5.92 Å². The number of hydrogen-bond acceptors (Lipinski definition) is 5. The maximum absolute atomic E-state index is 13.5. The molecule has 1 saturated carbocycles. The van der Waals surface area contributed by atoms with Crippen molar-refractivity contribution in [2.45, 2.75) is 23.2 Å². The highest BCUT2D eigenvalue weighted by atomic mass is 32.2. The first-order chi connectivity index (χ1) is 18.3. The van der Waals surface area contributed by atoms with Crippen molar-refractivity contribution in [1.82, 2.24) is 9.29 Å². The van der Waals surface area contributed by atoms with E-state index in [9.17, 15) is 12.8 Å². The molecule has 38 heavy (non-hydrogen) atoms. The SMILES string of the molecule is Cc1cc(Nc2ccc(F)cc2)c(C=N)cc1[C@]12CN(S(=O)(=O)c3cccnc3)C[C@H]1[C@@H]2c1ccccc1. The Kier molecular flexibility index (Phi) is 5.89. The van der Waals surface area contributed by atoms with Gasteiger partial charge in [-0.05, 0) is 78.1 Å². The number of halogens is 1. The predicted molar refractivity (Wildman–Crippen MR) is 146 cm³/mol. The lowest BCUT2D eigenvalue weighted by atomic mass is 9.86. The lowest BCUT2D eigenvalue weighted by Crippen LogP contribution is -2.34. The number of rotatable bonds is 7. The summed E-state index contributed by atoms with van der Waals surface area (Å²) in [6.07, 6.45) is 4.27. The van der Waals surface area contributed by atoms with E-state index in [4.69, 9.17) is 5.41 Å². The minimum absolute atomic E-state index is 0.115. The molecular formula is C30H27FN4O2S. The highest BCUT2D eigenvalue weighted by Crippen LogP contribution is 2.70. The summed E-state index contributed by atoms with van der Waals surface area (Å²) in [6, 6.07) is 23.6. The topological polar surface area (TPSA) is 86.2 Å². The van der Waals surface area contributed by atoms with Crippen LogP contribution in [-0.4, -0.2) is 37.0 Å². The number of nitrogens with one attached hydrogen (secondary N) is 2. The largest absolute Gasteiger partial charge is 0.355 e. The van der Waals surface area contributed by atoms with Crippen LogP contribution in [0.3, 0.4) is 0 Å². The number of benzene rings is 3. The minimum Gasteiger partial charge on any atom is -0.355 e. The summed E-state index contributed by atoms with van der Waals surface area (Å²) in [4.78, 5) is 4.22. The van der Waals surface area contributed by atoms with Crippen LogP contribution in [0.4, 0.5) is 15.8 Å². The number of piperidine rings is 1. The Hall–Kier alpha value is -3.88. The quantitative estimate of drug-likeness (QED) is 0.306. The second-order valence-corrected chi connectivity index (χ2v) is 12.0. The number of aromatic nitrogens is 1. The zero-order valence-electron chi connectivity index (χ0n) is 20.8. The number of fused-ring (bicyclic) bond motifs is 1. The second-order valence-electron chi connectivity index (χ2n) is 10.1. The van der Waals surface area contributed by atoms with E-state index in [2.05, 4.69) is 22.4 Å². The van der Waals surface area contributed by atoms with Gasteiger partial charge in [-0.1, -0.05) is 30.3 Å². The van der Waals surface area contributed by atoms with Crippen molar-refractivity contribution in [2.75, 3.05) is 18.4 Å². The van der Waals surface area contributed by atoms with Crippen molar-refractivity contribution >= 4 is 27.6 Å². The van der Waals surface area contributed by atoms with Gasteiger partial charge < -0.3 is 10.7 Å². The number of pyridine rings is 1. The first kappa shape index (κ1) is 24.5. The molecule has 1 saturated heterocycles. The number of anilines is 2. The lowest BCUT2D eigenvalue weighted by Gasteiger charge is -2.26. The van der Waals surface area contributed by atoms with Gasteiger partial charge in [0.05, 0.1) is 0 Å². The van der Waals surface area contributed by atoms with Gasteiger partial charge in [0.2, 0.25) is 10.0 Å².